The highest BCUT2D eigenvalue weighted by Gasteiger charge is 2.43. The summed E-state index contributed by atoms with van der Waals surface area (Å²) in [5.74, 6) is 0. The van der Waals surface area contributed by atoms with E-state index in [9.17, 15) is 0 Å². The SMILES string of the molecule is CC(C)(C)c1ccc(-c2cc3c4c(c2)N(c2c(-c5ccccc5)ccc5oc6ccccc6c25)c2ccc(-c5ccccc5)cc2B4c2cc(-n4c5ccc(-c6ccccc6)cc5c5cc(-c6ccccc6)ccc54)ccc2S3)cc1. The molecular formula is C76H53BN2OS. The summed E-state index contributed by atoms with van der Waals surface area (Å²) in [6.45, 7) is 6.76. The minimum Gasteiger partial charge on any atom is -0.456 e. The summed E-state index contributed by atoms with van der Waals surface area (Å²) in [6.07, 6.45) is 0. The zero-order chi connectivity index (χ0) is 53.9. The summed E-state index contributed by atoms with van der Waals surface area (Å²) in [4.78, 5) is 5.13. The van der Waals surface area contributed by atoms with Gasteiger partial charge < -0.3 is 13.9 Å². The summed E-state index contributed by atoms with van der Waals surface area (Å²) in [6, 6.07) is 99.1. The molecule has 0 spiro atoms. The van der Waals surface area contributed by atoms with Crippen molar-refractivity contribution in [2.24, 2.45) is 0 Å². The molecule has 16 rings (SSSR count). The normalized spacial score (nSPS) is 12.8. The van der Waals surface area contributed by atoms with E-state index < -0.39 is 0 Å². The zero-order valence-corrected chi connectivity index (χ0v) is 46.0. The van der Waals surface area contributed by atoms with Crippen molar-refractivity contribution in [2.45, 2.75) is 36.0 Å². The van der Waals surface area contributed by atoms with E-state index in [4.69, 9.17) is 4.42 Å². The fourth-order valence-electron chi connectivity index (χ4n) is 13.1. The predicted octanol–water partition coefficient (Wildman–Crippen LogP) is 19.1. The van der Waals surface area contributed by atoms with Gasteiger partial charge in [0, 0.05) is 48.6 Å². The van der Waals surface area contributed by atoms with Gasteiger partial charge in [-0.1, -0.05) is 226 Å². The number of benzene rings is 12. The first-order chi connectivity index (χ1) is 39.8. The molecule has 382 valence electrons. The molecule has 0 amide bonds. The average Bonchev–Trinajstić information content (AvgIpc) is 2.74. The lowest BCUT2D eigenvalue weighted by molar-refractivity contribution is 0.590. The maximum Gasteiger partial charge on any atom is 0.249 e. The zero-order valence-electron chi connectivity index (χ0n) is 45.2. The summed E-state index contributed by atoms with van der Waals surface area (Å²) in [5, 5.41) is 4.65. The van der Waals surface area contributed by atoms with Gasteiger partial charge in [-0.15, -0.1) is 0 Å². The van der Waals surface area contributed by atoms with Crippen molar-refractivity contribution in [1.29, 1.82) is 0 Å². The molecule has 2 aromatic heterocycles. The van der Waals surface area contributed by atoms with E-state index in [1.54, 1.807) is 0 Å². The van der Waals surface area contributed by atoms with Crippen LogP contribution in [-0.4, -0.2) is 11.3 Å². The van der Waals surface area contributed by atoms with Gasteiger partial charge in [-0.25, -0.2) is 0 Å². The van der Waals surface area contributed by atoms with Crippen molar-refractivity contribution >= 4 is 95.7 Å². The van der Waals surface area contributed by atoms with Crippen LogP contribution in [0.25, 0.3) is 105 Å². The minimum absolute atomic E-state index is 0.0282. The quantitative estimate of drug-likeness (QED) is 0.148. The Morgan fingerprint density at radius 3 is 1.57 bits per heavy atom. The third-order valence-corrected chi connectivity index (χ3v) is 18.2. The maximum atomic E-state index is 6.82. The van der Waals surface area contributed by atoms with Crippen LogP contribution in [-0.2, 0) is 5.41 Å². The van der Waals surface area contributed by atoms with Gasteiger partial charge in [0.05, 0.1) is 22.1 Å². The Morgan fingerprint density at radius 1 is 0.383 bits per heavy atom. The number of anilines is 3. The van der Waals surface area contributed by atoms with Crippen LogP contribution in [0.2, 0.25) is 0 Å². The second kappa shape index (κ2) is 18.5. The van der Waals surface area contributed by atoms with Gasteiger partial charge in [0.25, 0.3) is 0 Å². The monoisotopic (exact) mass is 1050 g/mol. The van der Waals surface area contributed by atoms with Gasteiger partial charge >= 0.3 is 0 Å². The third-order valence-electron chi connectivity index (χ3n) is 17.0. The molecule has 2 aliphatic rings. The minimum atomic E-state index is -0.110. The lowest BCUT2D eigenvalue weighted by Gasteiger charge is -2.41. The van der Waals surface area contributed by atoms with Crippen LogP contribution in [0.5, 0.6) is 0 Å². The number of para-hydroxylation sites is 1. The van der Waals surface area contributed by atoms with Crippen molar-refractivity contribution in [3.8, 4) is 61.3 Å². The van der Waals surface area contributed by atoms with Crippen molar-refractivity contribution < 1.29 is 4.42 Å². The van der Waals surface area contributed by atoms with Gasteiger partial charge in [-0.05, 0) is 151 Å². The van der Waals surface area contributed by atoms with E-state index >= 15 is 0 Å². The highest BCUT2D eigenvalue weighted by molar-refractivity contribution is 8.00. The molecule has 0 fully saturated rings. The highest BCUT2D eigenvalue weighted by atomic mass is 32.2. The molecule has 4 heterocycles. The van der Waals surface area contributed by atoms with Gasteiger partial charge in [-0.2, -0.15) is 0 Å². The highest BCUT2D eigenvalue weighted by Crippen LogP contribution is 2.52. The van der Waals surface area contributed by atoms with Gasteiger partial charge in [0.2, 0.25) is 6.71 Å². The molecule has 14 aromatic rings. The summed E-state index contributed by atoms with van der Waals surface area (Å²) in [7, 11) is 0. The molecule has 0 radical (unpaired) electrons. The molecule has 0 aliphatic carbocycles. The molecule has 5 heteroatoms. The Bertz CT molecular complexity index is 4710. The predicted molar refractivity (Wildman–Crippen MR) is 344 cm³/mol. The van der Waals surface area contributed by atoms with Crippen LogP contribution in [0.4, 0.5) is 17.1 Å². The molecule has 81 heavy (non-hydrogen) atoms. The van der Waals surface area contributed by atoms with Crippen molar-refractivity contribution in [3.05, 3.63) is 272 Å². The van der Waals surface area contributed by atoms with Gasteiger partial charge in [-0.3, -0.25) is 0 Å². The lowest BCUT2D eigenvalue weighted by Crippen LogP contribution is -2.60. The third kappa shape index (κ3) is 7.75. The molecule has 0 saturated carbocycles. The van der Waals surface area contributed by atoms with Crippen molar-refractivity contribution in [3.63, 3.8) is 0 Å². The van der Waals surface area contributed by atoms with Gasteiger partial charge in [0.1, 0.15) is 11.2 Å². The topological polar surface area (TPSA) is 21.3 Å². The Labute approximate surface area is 476 Å². The van der Waals surface area contributed by atoms with Crippen LogP contribution < -0.4 is 21.3 Å². The molecule has 12 aromatic carbocycles. The number of rotatable bonds is 7. The standard InChI is InChI=1S/C76H53BN2OS/c1-76(2,3)57-33-28-51(29-34-57)56-45-68-74-72(46-56)81-71-41-35-58(78-65-37-30-53(48-18-8-4-9-19-48)42-61(65)62-43-54(31-38-66(62)78)49-20-10-5-11-21-49)47-64(71)77(74)63-44-55(50-22-12-6-13-23-50)32-39-67(63)79(68)75-59(52-24-14-7-15-25-52)36-40-70-73(75)60-26-16-17-27-69(60)80-70/h4-47H,1-3H3. The van der Waals surface area contributed by atoms with E-state index in [0.29, 0.717) is 0 Å². The van der Waals surface area contributed by atoms with Crippen molar-refractivity contribution in [1.82, 2.24) is 4.57 Å². The van der Waals surface area contributed by atoms with Crippen LogP contribution in [0.1, 0.15) is 26.3 Å². The van der Waals surface area contributed by atoms with Crippen LogP contribution in [0.15, 0.2) is 281 Å². The second-order valence-electron chi connectivity index (χ2n) is 22.8. The van der Waals surface area contributed by atoms with Crippen LogP contribution in [0.3, 0.4) is 0 Å². The molecule has 0 saturated heterocycles. The largest absolute Gasteiger partial charge is 0.456 e. The van der Waals surface area contributed by atoms with Gasteiger partial charge in [0.15, 0.2) is 0 Å². The summed E-state index contributed by atoms with van der Waals surface area (Å²) >= 11 is 1.90. The lowest BCUT2D eigenvalue weighted by atomic mass is 9.34. The fraction of sp³-hybridized carbons (Fsp3) is 0.0526. The van der Waals surface area contributed by atoms with Crippen LogP contribution in [0, 0.1) is 0 Å². The van der Waals surface area contributed by atoms with E-state index in [1.165, 1.54) is 104 Å². The fourth-order valence-corrected chi connectivity index (χ4v) is 14.3. The Morgan fingerprint density at radius 2 is 0.938 bits per heavy atom. The molecular weight excluding hydrogens is 1000 g/mol. The second-order valence-corrected chi connectivity index (χ2v) is 23.9. The van der Waals surface area contributed by atoms with Crippen molar-refractivity contribution in [2.75, 3.05) is 4.90 Å². The Balaban J connectivity index is 0.979. The maximum absolute atomic E-state index is 6.82. The molecule has 0 unspecified atom stereocenters. The molecule has 0 atom stereocenters. The summed E-state index contributed by atoms with van der Waals surface area (Å²) in [5.41, 5.74) is 25.7. The van der Waals surface area contributed by atoms with E-state index in [0.717, 1.165) is 50.1 Å². The molecule has 0 bridgehead atoms. The number of fused-ring (bicyclic) bond motifs is 10. The smallest absolute Gasteiger partial charge is 0.249 e. The first-order valence-corrected chi connectivity index (χ1v) is 28.9. The Hall–Kier alpha value is -9.55. The molecule has 0 N–H and O–H groups in total. The van der Waals surface area contributed by atoms with E-state index in [1.807, 2.05) is 11.8 Å². The number of nitrogens with zero attached hydrogens (tertiary/aromatic N) is 2. The number of hydrogen-bond acceptors (Lipinski definition) is 3. The molecule has 3 nitrogen and oxygen atoms in total. The van der Waals surface area contributed by atoms with E-state index in [-0.39, 0.29) is 12.1 Å². The first kappa shape index (κ1) is 47.5. The number of hydrogen-bond donors (Lipinski definition) is 0. The average molecular weight is 1050 g/mol. The van der Waals surface area contributed by atoms with E-state index in [2.05, 4.69) is 297 Å². The number of aromatic nitrogens is 1. The Kier molecular flexibility index (Phi) is 10.9. The first-order valence-electron chi connectivity index (χ1n) is 28.1. The number of furan rings is 1. The summed E-state index contributed by atoms with van der Waals surface area (Å²) < 4.78 is 9.32. The van der Waals surface area contributed by atoms with Crippen LogP contribution >= 0.6 is 11.8 Å². The molecule has 2 aliphatic heterocycles.